The number of hydrogen-bond donors (Lipinski definition) is 2. The van der Waals surface area contributed by atoms with Crippen molar-refractivity contribution >= 4 is 11.9 Å². The second-order valence-corrected chi connectivity index (χ2v) is 6.23. The first-order chi connectivity index (χ1) is 9.61. The molecule has 0 radical (unpaired) electrons. The maximum atomic E-state index is 12.7. The van der Waals surface area contributed by atoms with E-state index in [2.05, 4.69) is 10.6 Å². The summed E-state index contributed by atoms with van der Waals surface area (Å²) >= 11 is 0. The molecule has 0 bridgehead atoms. The lowest BCUT2D eigenvalue weighted by Gasteiger charge is -2.34. The summed E-state index contributed by atoms with van der Waals surface area (Å²) in [6, 6.07) is -0.265. The highest BCUT2D eigenvalue weighted by Gasteiger charge is 2.52. The molecule has 3 heterocycles. The summed E-state index contributed by atoms with van der Waals surface area (Å²) in [5, 5.41) is 6.23. The lowest BCUT2D eigenvalue weighted by atomic mass is 9.80. The molecular weight excluding hydrogens is 258 g/mol. The average Bonchev–Trinajstić information content (AvgIpc) is 3.04. The Hall–Kier alpha value is -1.14. The second kappa shape index (κ2) is 5.33. The fraction of sp³-hybridized carbons (Fsp3) is 0.857. The summed E-state index contributed by atoms with van der Waals surface area (Å²) in [5.74, 6) is 0.0777. The number of nitrogens with zero attached hydrogens (tertiary/aromatic N) is 1. The molecule has 0 aromatic rings. The number of hydrogen-bond acceptors (Lipinski definition) is 4. The van der Waals surface area contributed by atoms with Crippen LogP contribution in [-0.4, -0.2) is 54.7 Å². The van der Waals surface area contributed by atoms with E-state index in [4.69, 9.17) is 4.74 Å². The maximum absolute atomic E-state index is 12.7. The van der Waals surface area contributed by atoms with E-state index >= 15 is 0 Å². The van der Waals surface area contributed by atoms with Crippen molar-refractivity contribution < 1.29 is 14.3 Å². The minimum absolute atomic E-state index is 0.0107. The largest absolute Gasteiger partial charge is 0.376 e. The monoisotopic (exact) mass is 281 g/mol. The van der Waals surface area contributed by atoms with Gasteiger partial charge >= 0.3 is 6.03 Å². The molecule has 3 rings (SSSR count). The molecule has 0 aromatic heterocycles. The Morgan fingerprint density at radius 1 is 1.35 bits per heavy atom. The van der Waals surface area contributed by atoms with Crippen LogP contribution in [0, 0.1) is 5.92 Å². The number of ether oxygens (including phenoxy) is 1. The van der Waals surface area contributed by atoms with Crippen molar-refractivity contribution in [2.24, 2.45) is 5.92 Å². The van der Waals surface area contributed by atoms with E-state index in [9.17, 15) is 9.59 Å². The lowest BCUT2D eigenvalue weighted by Crippen LogP contribution is -2.55. The molecule has 6 nitrogen and oxygen atoms in total. The van der Waals surface area contributed by atoms with Crippen LogP contribution in [0.15, 0.2) is 0 Å². The molecule has 0 aliphatic carbocycles. The topological polar surface area (TPSA) is 70.7 Å². The summed E-state index contributed by atoms with van der Waals surface area (Å²) in [6.07, 6.45) is 3.98. The van der Waals surface area contributed by atoms with Gasteiger partial charge in [0.1, 0.15) is 5.54 Å². The lowest BCUT2D eigenvalue weighted by molar-refractivity contribution is -0.133. The van der Waals surface area contributed by atoms with E-state index in [0.717, 1.165) is 45.4 Å². The number of urea groups is 1. The van der Waals surface area contributed by atoms with Gasteiger partial charge in [-0.3, -0.25) is 9.69 Å². The number of nitrogens with one attached hydrogen (secondary N) is 2. The van der Waals surface area contributed by atoms with Gasteiger partial charge in [-0.05, 0) is 39.2 Å². The molecule has 0 saturated carbocycles. The van der Waals surface area contributed by atoms with Crippen molar-refractivity contribution in [3.63, 3.8) is 0 Å². The molecule has 0 spiro atoms. The van der Waals surface area contributed by atoms with Crippen molar-refractivity contribution in [1.29, 1.82) is 0 Å². The third-order valence-corrected chi connectivity index (χ3v) is 4.82. The van der Waals surface area contributed by atoms with E-state index in [1.807, 2.05) is 6.92 Å². The first-order valence-corrected chi connectivity index (χ1v) is 7.57. The predicted molar refractivity (Wildman–Crippen MR) is 73.2 cm³/mol. The summed E-state index contributed by atoms with van der Waals surface area (Å²) in [4.78, 5) is 26.2. The van der Waals surface area contributed by atoms with E-state index in [1.165, 1.54) is 4.90 Å². The normalized spacial score (nSPS) is 38.4. The average molecular weight is 281 g/mol. The molecule has 6 heteroatoms. The predicted octanol–water partition coefficient (Wildman–Crippen LogP) is 0.476. The molecule has 2 N–H and O–H groups in total. The number of amides is 3. The van der Waals surface area contributed by atoms with Crippen LogP contribution < -0.4 is 10.6 Å². The number of carbonyl (C=O) groups excluding carboxylic acids is 2. The second-order valence-electron chi connectivity index (χ2n) is 6.23. The Morgan fingerprint density at radius 2 is 2.20 bits per heavy atom. The first kappa shape index (κ1) is 13.8. The SMILES string of the molecule is CC1(C2CCCNC2)NC(=O)N(CC2CCCO2)C1=O. The third-order valence-electron chi connectivity index (χ3n) is 4.82. The fourth-order valence-corrected chi connectivity index (χ4v) is 3.49. The van der Waals surface area contributed by atoms with Gasteiger partial charge in [-0.15, -0.1) is 0 Å². The van der Waals surface area contributed by atoms with Crippen molar-refractivity contribution in [1.82, 2.24) is 15.5 Å². The van der Waals surface area contributed by atoms with Crippen LogP contribution in [0.25, 0.3) is 0 Å². The summed E-state index contributed by atoms with van der Waals surface area (Å²) in [7, 11) is 0. The Kier molecular flexibility index (Phi) is 3.69. The van der Waals surface area contributed by atoms with Crippen LogP contribution in [-0.2, 0) is 9.53 Å². The highest BCUT2D eigenvalue weighted by Crippen LogP contribution is 2.31. The Balaban J connectivity index is 1.71. The maximum Gasteiger partial charge on any atom is 0.325 e. The fourth-order valence-electron chi connectivity index (χ4n) is 3.49. The van der Waals surface area contributed by atoms with Crippen LogP contribution in [0.4, 0.5) is 4.79 Å². The van der Waals surface area contributed by atoms with Crippen molar-refractivity contribution in [2.45, 2.75) is 44.2 Å². The molecular formula is C14H23N3O3. The van der Waals surface area contributed by atoms with Crippen molar-refractivity contribution in [3.05, 3.63) is 0 Å². The van der Waals surface area contributed by atoms with Gasteiger partial charge in [-0.25, -0.2) is 4.79 Å². The molecule has 3 saturated heterocycles. The van der Waals surface area contributed by atoms with E-state index < -0.39 is 5.54 Å². The van der Waals surface area contributed by atoms with Crippen LogP contribution in [0.3, 0.4) is 0 Å². The minimum Gasteiger partial charge on any atom is -0.376 e. The van der Waals surface area contributed by atoms with Gasteiger partial charge in [0.05, 0.1) is 12.6 Å². The molecule has 20 heavy (non-hydrogen) atoms. The number of piperidine rings is 1. The molecule has 3 aliphatic rings. The molecule has 0 aromatic carbocycles. The van der Waals surface area contributed by atoms with E-state index in [0.29, 0.717) is 6.54 Å². The van der Waals surface area contributed by atoms with E-state index in [1.54, 1.807) is 0 Å². The van der Waals surface area contributed by atoms with Crippen LogP contribution in [0.5, 0.6) is 0 Å². The summed E-state index contributed by atoms with van der Waals surface area (Å²) in [5.41, 5.74) is -0.761. The molecule has 3 unspecified atom stereocenters. The van der Waals surface area contributed by atoms with Gasteiger partial charge in [0, 0.05) is 19.1 Å². The molecule has 3 atom stereocenters. The Labute approximate surface area is 119 Å². The van der Waals surface area contributed by atoms with Gasteiger partial charge < -0.3 is 15.4 Å². The number of carbonyl (C=O) groups is 2. The zero-order chi connectivity index (χ0) is 14.2. The highest BCUT2D eigenvalue weighted by atomic mass is 16.5. The van der Waals surface area contributed by atoms with Gasteiger partial charge in [-0.2, -0.15) is 0 Å². The Bertz CT molecular complexity index is 402. The van der Waals surface area contributed by atoms with Gasteiger partial charge in [0.15, 0.2) is 0 Å². The zero-order valence-electron chi connectivity index (χ0n) is 12.0. The molecule has 3 fully saturated rings. The van der Waals surface area contributed by atoms with Gasteiger partial charge in [0.25, 0.3) is 5.91 Å². The quantitative estimate of drug-likeness (QED) is 0.738. The first-order valence-electron chi connectivity index (χ1n) is 7.57. The van der Waals surface area contributed by atoms with Crippen LogP contribution in [0.1, 0.15) is 32.6 Å². The summed E-state index contributed by atoms with van der Waals surface area (Å²) < 4.78 is 5.54. The van der Waals surface area contributed by atoms with Crippen LogP contribution in [0.2, 0.25) is 0 Å². The van der Waals surface area contributed by atoms with Gasteiger partial charge in [0.2, 0.25) is 0 Å². The zero-order valence-corrected chi connectivity index (χ0v) is 12.0. The smallest absolute Gasteiger partial charge is 0.325 e. The molecule has 3 aliphatic heterocycles. The standard InChI is InChI=1S/C14H23N3O3/c1-14(10-4-2-6-15-8-10)12(18)17(13(19)16-14)9-11-5-3-7-20-11/h10-11,15H,2-9H2,1H3,(H,16,19). The third kappa shape index (κ3) is 2.31. The molecule has 112 valence electrons. The summed E-state index contributed by atoms with van der Waals surface area (Å²) in [6.45, 7) is 4.77. The Morgan fingerprint density at radius 3 is 2.85 bits per heavy atom. The molecule has 3 amide bonds. The number of imide groups is 1. The van der Waals surface area contributed by atoms with Crippen molar-refractivity contribution in [3.8, 4) is 0 Å². The highest BCUT2D eigenvalue weighted by molar-refractivity contribution is 6.07. The van der Waals surface area contributed by atoms with Gasteiger partial charge in [-0.1, -0.05) is 0 Å². The van der Waals surface area contributed by atoms with Crippen LogP contribution >= 0.6 is 0 Å². The van der Waals surface area contributed by atoms with E-state index in [-0.39, 0.29) is 24.0 Å². The number of rotatable bonds is 3. The minimum atomic E-state index is -0.761. The van der Waals surface area contributed by atoms with Crippen molar-refractivity contribution in [2.75, 3.05) is 26.2 Å².